The van der Waals surface area contributed by atoms with Crippen molar-refractivity contribution in [3.05, 3.63) is 23.4 Å². The Bertz CT molecular complexity index is 627. The summed E-state index contributed by atoms with van der Waals surface area (Å²) >= 11 is 5.91. The van der Waals surface area contributed by atoms with Crippen LogP contribution in [-0.4, -0.2) is 25.5 Å². The first kappa shape index (κ1) is 10.6. The van der Waals surface area contributed by atoms with E-state index in [0.29, 0.717) is 18.5 Å². The van der Waals surface area contributed by atoms with Gasteiger partial charge in [0.25, 0.3) is 5.92 Å². The van der Waals surface area contributed by atoms with Crippen molar-refractivity contribution in [1.29, 1.82) is 0 Å². The Hall–Kier alpha value is -1.30. The van der Waals surface area contributed by atoms with Gasteiger partial charge in [0, 0.05) is 30.1 Å². The quantitative estimate of drug-likeness (QED) is 0.800. The second-order valence-electron chi connectivity index (χ2n) is 5.03. The first-order valence-electron chi connectivity index (χ1n) is 5.82. The minimum absolute atomic E-state index is 0.0492. The van der Waals surface area contributed by atoms with Crippen molar-refractivity contribution in [2.45, 2.75) is 24.7 Å². The summed E-state index contributed by atoms with van der Waals surface area (Å²) < 4.78 is 28.1. The molecule has 2 fully saturated rings. The van der Waals surface area contributed by atoms with Crippen molar-refractivity contribution >= 4 is 17.2 Å². The van der Waals surface area contributed by atoms with Gasteiger partial charge in [-0.15, -0.1) is 10.2 Å². The van der Waals surface area contributed by atoms with Gasteiger partial charge in [-0.25, -0.2) is 13.8 Å². The number of hydrogen-bond donors (Lipinski definition) is 0. The van der Waals surface area contributed by atoms with Gasteiger partial charge < -0.3 is 0 Å². The van der Waals surface area contributed by atoms with Gasteiger partial charge >= 0.3 is 0 Å². The Morgan fingerprint density at radius 3 is 2.72 bits per heavy atom. The van der Waals surface area contributed by atoms with Crippen LogP contribution in [0.15, 0.2) is 12.4 Å². The van der Waals surface area contributed by atoms with Crippen molar-refractivity contribution in [3.8, 4) is 0 Å². The standard InChI is InChI=1S/C11H9ClF2N4/c12-8-10-17-16-9(18(10)2-1-15-8)5-3-6-7(4-5)11(6,13)14/h1-2,5-7H,3-4H2/t5?,6-,7+. The van der Waals surface area contributed by atoms with Crippen LogP contribution in [0.1, 0.15) is 24.6 Å². The summed E-state index contributed by atoms with van der Waals surface area (Å²) in [6, 6.07) is 0. The maximum atomic E-state index is 13.2. The number of rotatable bonds is 1. The van der Waals surface area contributed by atoms with Crippen molar-refractivity contribution in [2.75, 3.05) is 0 Å². The summed E-state index contributed by atoms with van der Waals surface area (Å²) in [5, 5.41) is 8.34. The van der Waals surface area contributed by atoms with Crippen LogP contribution in [0.5, 0.6) is 0 Å². The fraction of sp³-hybridized carbons (Fsp3) is 0.545. The molecule has 94 valence electrons. The monoisotopic (exact) mass is 270 g/mol. The molecule has 2 heterocycles. The maximum absolute atomic E-state index is 13.2. The molecule has 4 nitrogen and oxygen atoms in total. The number of halogens is 3. The van der Waals surface area contributed by atoms with Gasteiger partial charge in [0.05, 0.1) is 0 Å². The highest BCUT2D eigenvalue weighted by molar-refractivity contribution is 6.32. The van der Waals surface area contributed by atoms with Crippen molar-refractivity contribution in [1.82, 2.24) is 19.6 Å². The van der Waals surface area contributed by atoms with E-state index >= 15 is 0 Å². The number of nitrogens with zero attached hydrogens (tertiary/aromatic N) is 4. The molecule has 0 N–H and O–H groups in total. The highest BCUT2D eigenvalue weighted by atomic mass is 35.5. The van der Waals surface area contributed by atoms with Gasteiger partial charge in [-0.05, 0) is 12.8 Å². The van der Waals surface area contributed by atoms with Crippen LogP contribution in [0.4, 0.5) is 8.78 Å². The summed E-state index contributed by atoms with van der Waals surface area (Å²) in [6.07, 6.45) is 4.25. The smallest absolute Gasteiger partial charge is 0.254 e. The molecule has 2 aliphatic carbocycles. The van der Waals surface area contributed by atoms with Crippen LogP contribution in [-0.2, 0) is 0 Å². The maximum Gasteiger partial charge on any atom is 0.254 e. The molecule has 0 aliphatic heterocycles. The Labute approximate surface area is 106 Å². The van der Waals surface area contributed by atoms with E-state index in [9.17, 15) is 8.78 Å². The van der Waals surface area contributed by atoms with E-state index < -0.39 is 17.8 Å². The number of alkyl halides is 2. The summed E-state index contributed by atoms with van der Waals surface area (Å²) in [6.45, 7) is 0. The minimum atomic E-state index is -2.45. The average molecular weight is 271 g/mol. The Balaban J connectivity index is 1.71. The molecule has 0 radical (unpaired) electrons. The van der Waals surface area contributed by atoms with E-state index in [1.54, 1.807) is 16.8 Å². The molecule has 18 heavy (non-hydrogen) atoms. The van der Waals surface area contributed by atoms with Gasteiger partial charge in [-0.1, -0.05) is 11.6 Å². The largest absolute Gasteiger partial charge is 0.282 e. The Kier molecular flexibility index (Phi) is 1.87. The third kappa shape index (κ3) is 1.21. The SMILES string of the molecule is FC1(F)[C@@H]2CC(c3nnc4c(Cl)nccn34)C[C@@H]21. The van der Waals surface area contributed by atoms with Crippen LogP contribution in [0, 0.1) is 11.8 Å². The molecule has 2 saturated carbocycles. The van der Waals surface area contributed by atoms with E-state index in [0.717, 1.165) is 5.82 Å². The Morgan fingerprint density at radius 2 is 2.00 bits per heavy atom. The zero-order valence-electron chi connectivity index (χ0n) is 9.22. The summed E-state index contributed by atoms with van der Waals surface area (Å²) in [4.78, 5) is 3.92. The lowest BCUT2D eigenvalue weighted by Gasteiger charge is -2.12. The molecule has 3 atom stereocenters. The highest BCUT2D eigenvalue weighted by Gasteiger charge is 2.71. The molecule has 0 spiro atoms. The fourth-order valence-corrected chi connectivity index (χ4v) is 3.30. The molecule has 2 aliphatic rings. The molecule has 7 heteroatoms. The summed E-state index contributed by atoms with van der Waals surface area (Å²) in [5.74, 6) is -2.61. The average Bonchev–Trinajstić information content (AvgIpc) is 2.80. The topological polar surface area (TPSA) is 43.1 Å². The van der Waals surface area contributed by atoms with Crippen LogP contribution in [0.2, 0.25) is 5.15 Å². The molecule has 1 unspecified atom stereocenters. The lowest BCUT2D eigenvalue weighted by atomic mass is 10.0. The number of fused-ring (bicyclic) bond motifs is 2. The van der Waals surface area contributed by atoms with Crippen LogP contribution in [0.3, 0.4) is 0 Å². The molecule has 0 aromatic carbocycles. The lowest BCUT2D eigenvalue weighted by Crippen LogP contribution is -2.09. The van der Waals surface area contributed by atoms with Crippen LogP contribution >= 0.6 is 11.6 Å². The third-order valence-corrected chi connectivity index (χ3v) is 4.38. The van der Waals surface area contributed by atoms with Crippen molar-refractivity contribution in [2.24, 2.45) is 11.8 Å². The molecule has 0 saturated heterocycles. The molecule has 2 aromatic rings. The normalized spacial score (nSPS) is 32.7. The van der Waals surface area contributed by atoms with E-state index in [1.807, 2.05) is 0 Å². The minimum Gasteiger partial charge on any atom is -0.282 e. The summed E-state index contributed by atoms with van der Waals surface area (Å²) in [7, 11) is 0. The van der Waals surface area contributed by atoms with E-state index in [4.69, 9.17) is 11.6 Å². The van der Waals surface area contributed by atoms with Gasteiger partial charge in [0.2, 0.25) is 0 Å². The lowest BCUT2D eigenvalue weighted by molar-refractivity contribution is 0.0690. The number of aromatic nitrogens is 4. The number of hydrogen-bond acceptors (Lipinski definition) is 3. The van der Waals surface area contributed by atoms with Crippen LogP contribution < -0.4 is 0 Å². The second kappa shape index (κ2) is 3.17. The van der Waals surface area contributed by atoms with Gasteiger partial charge in [-0.2, -0.15) is 0 Å². The van der Waals surface area contributed by atoms with E-state index in [-0.39, 0.29) is 11.1 Å². The van der Waals surface area contributed by atoms with Gasteiger partial charge in [0.15, 0.2) is 10.8 Å². The molecule has 4 rings (SSSR count). The van der Waals surface area contributed by atoms with Gasteiger partial charge in [-0.3, -0.25) is 4.40 Å². The van der Waals surface area contributed by atoms with Crippen LogP contribution in [0.25, 0.3) is 5.65 Å². The fourth-order valence-electron chi connectivity index (χ4n) is 3.12. The third-order valence-electron chi connectivity index (χ3n) is 4.12. The Morgan fingerprint density at radius 1 is 1.28 bits per heavy atom. The zero-order chi connectivity index (χ0) is 12.5. The molecule has 2 aromatic heterocycles. The zero-order valence-corrected chi connectivity index (χ0v) is 9.98. The molecule has 0 bridgehead atoms. The van der Waals surface area contributed by atoms with E-state index in [2.05, 4.69) is 15.2 Å². The predicted molar refractivity (Wildman–Crippen MR) is 59.7 cm³/mol. The summed E-state index contributed by atoms with van der Waals surface area (Å²) in [5.41, 5.74) is 0.488. The van der Waals surface area contributed by atoms with Crippen molar-refractivity contribution in [3.63, 3.8) is 0 Å². The van der Waals surface area contributed by atoms with E-state index in [1.165, 1.54) is 0 Å². The molecular weight excluding hydrogens is 262 g/mol. The second-order valence-corrected chi connectivity index (χ2v) is 5.38. The molecular formula is C11H9ClF2N4. The van der Waals surface area contributed by atoms with Gasteiger partial charge in [0.1, 0.15) is 5.82 Å². The predicted octanol–water partition coefficient (Wildman–Crippen LogP) is 2.54. The first-order valence-corrected chi connectivity index (χ1v) is 6.20. The first-order chi connectivity index (χ1) is 8.59. The molecule has 0 amide bonds. The van der Waals surface area contributed by atoms with Crippen molar-refractivity contribution < 1.29 is 8.78 Å². The highest BCUT2D eigenvalue weighted by Crippen LogP contribution is 2.67.